The summed E-state index contributed by atoms with van der Waals surface area (Å²) in [4.78, 5) is 101. The minimum absolute atomic E-state index is 0.0148. The number of Topliss-reactive ketones (excluding diaryl/α,β-unsaturated/α-hetero) is 1. The fraction of sp³-hybridized carbons (Fsp3) is 0.780. The number of ketones is 1. The molecule has 0 bridgehead atoms. The van der Waals surface area contributed by atoms with E-state index in [9.17, 15) is 38.7 Å². The van der Waals surface area contributed by atoms with Gasteiger partial charge in [-0.05, 0) is 87.8 Å². The highest BCUT2D eigenvalue weighted by Gasteiger charge is 2.43. The van der Waals surface area contributed by atoms with Gasteiger partial charge in [0.05, 0.1) is 61.4 Å². The van der Waals surface area contributed by atoms with Crippen molar-refractivity contribution in [2.45, 2.75) is 201 Å². The van der Waals surface area contributed by atoms with Crippen LogP contribution in [0.5, 0.6) is 0 Å². The van der Waals surface area contributed by atoms with Crippen LogP contribution in [0.1, 0.15) is 145 Å². The molecule has 0 radical (unpaired) electrons. The summed E-state index contributed by atoms with van der Waals surface area (Å²) in [5.74, 6) is -2.97. The average molecular weight is 1100 g/mol. The Labute approximate surface area is 467 Å². The van der Waals surface area contributed by atoms with Crippen molar-refractivity contribution in [1.29, 1.82) is 0 Å². The van der Waals surface area contributed by atoms with E-state index in [1.807, 2.05) is 112 Å². The predicted octanol–water partition coefficient (Wildman–Crippen LogP) is 5.72. The van der Waals surface area contributed by atoms with Crippen LogP contribution in [0.15, 0.2) is 30.3 Å². The SMILES string of the molecule is CC[C@H](C)[C@@H]([C@@H](CC(=O)N1CCC[C@H]1[C@H](OC)[C@@H](C)C(=O)N[C@@H](Cc1ccccc1)C(=O)CCCCNC(=O)CCCC(=O)OCC(OC)OC(CO)CC(C)(C)C)OC)N(C)C(=O)[C@@H](NC(=O)[C@H](C(C)C)N(C)C)C(C)C. The molecule has 0 aromatic heterocycles. The van der Waals surface area contributed by atoms with Crippen LogP contribution in [0, 0.1) is 29.1 Å². The molecule has 2 rings (SSSR count). The maximum absolute atomic E-state index is 14.5. The normalized spacial score (nSPS) is 17.8. The first-order valence-corrected chi connectivity index (χ1v) is 28.4. The molecule has 11 atom stereocenters. The average Bonchev–Trinajstić information content (AvgIpc) is 3.87. The van der Waals surface area contributed by atoms with Gasteiger partial charge in [0.25, 0.3) is 0 Å². The monoisotopic (exact) mass is 1100 g/mol. The first kappa shape index (κ1) is 69.6. The Balaban J connectivity index is 2.08. The standard InChI is InChI=1S/C59H102N6O13/c1-17-40(6)54(64(13)58(73)52(38(2)3)62-57(72)53(39(4)5)63(11)12)47(74-14)34-49(69)65-32-24-27-45(65)55(76-16)41(7)56(71)61-44(33-42-25-19-18-20-26-42)46(67)28-21-22-31-60-48(68)29-23-30-50(70)77-37-51(75-15)78-43(36-66)35-59(8,9)10/h18-20,25-26,38-41,43-45,47,51-55,66H,17,21-24,27-37H2,1-16H3,(H,60,68)(H,61,71)(H,62,72)/t40-,41+,43?,44-,45-,47+,51?,52-,53-,54-,55+/m0/s1. The Morgan fingerprint density at radius 3 is 2.04 bits per heavy atom. The van der Waals surface area contributed by atoms with Gasteiger partial charge in [0.2, 0.25) is 29.5 Å². The maximum atomic E-state index is 14.5. The third-order valence-electron chi connectivity index (χ3n) is 14.9. The Kier molecular flexibility index (Phi) is 31.4. The Morgan fingerprint density at radius 1 is 0.821 bits per heavy atom. The minimum Gasteiger partial charge on any atom is -0.460 e. The number of unbranched alkanes of at least 4 members (excludes halogenated alkanes) is 1. The van der Waals surface area contributed by atoms with E-state index in [0.29, 0.717) is 51.6 Å². The second-order valence-electron chi connectivity index (χ2n) is 23.4. The largest absolute Gasteiger partial charge is 0.460 e. The molecule has 1 saturated heterocycles. The molecule has 19 nitrogen and oxygen atoms in total. The van der Waals surface area contributed by atoms with Gasteiger partial charge in [-0.25, -0.2) is 0 Å². The van der Waals surface area contributed by atoms with Crippen molar-refractivity contribution in [2.24, 2.45) is 29.1 Å². The van der Waals surface area contributed by atoms with Gasteiger partial charge in [0.1, 0.15) is 12.6 Å². The van der Waals surface area contributed by atoms with Crippen LogP contribution in [0.3, 0.4) is 0 Å². The number of likely N-dealkylation sites (N-methyl/N-ethyl adjacent to an activating group) is 2. The van der Waals surface area contributed by atoms with E-state index in [4.69, 9.17) is 23.7 Å². The zero-order chi connectivity index (χ0) is 58.9. The lowest BCUT2D eigenvalue weighted by Gasteiger charge is -2.41. The maximum Gasteiger partial charge on any atom is 0.305 e. The first-order chi connectivity index (χ1) is 36.7. The van der Waals surface area contributed by atoms with Crippen molar-refractivity contribution >= 4 is 41.3 Å². The second-order valence-corrected chi connectivity index (χ2v) is 23.4. The van der Waals surface area contributed by atoms with Crippen LogP contribution in [0.25, 0.3) is 0 Å². The number of methoxy groups -OCH3 is 3. The molecule has 19 heteroatoms. The molecule has 1 aromatic carbocycles. The molecule has 1 aliphatic rings. The number of ether oxygens (including phenoxy) is 5. The number of aliphatic hydroxyl groups is 1. The molecular formula is C59H102N6O13. The summed E-state index contributed by atoms with van der Waals surface area (Å²) in [6, 6.07) is 6.42. The van der Waals surface area contributed by atoms with E-state index in [2.05, 4.69) is 16.0 Å². The van der Waals surface area contributed by atoms with E-state index in [0.717, 1.165) is 5.56 Å². The molecule has 1 aromatic rings. The number of hydrogen-bond donors (Lipinski definition) is 4. The Hall–Kier alpha value is -4.53. The van der Waals surface area contributed by atoms with Crippen molar-refractivity contribution < 1.29 is 62.4 Å². The number of carbonyl (C=O) groups is 7. The summed E-state index contributed by atoms with van der Waals surface area (Å²) in [5, 5.41) is 18.6. The molecule has 4 N–H and O–H groups in total. The molecule has 5 amide bonds. The molecule has 78 heavy (non-hydrogen) atoms. The quantitative estimate of drug-likeness (QED) is 0.0355. The third-order valence-corrected chi connectivity index (χ3v) is 14.9. The van der Waals surface area contributed by atoms with E-state index in [-0.39, 0.29) is 110 Å². The van der Waals surface area contributed by atoms with Crippen LogP contribution < -0.4 is 16.0 Å². The van der Waals surface area contributed by atoms with Crippen molar-refractivity contribution in [3.05, 3.63) is 35.9 Å². The minimum atomic E-state index is -0.839. The topological polar surface area (TPSA) is 232 Å². The number of hydrogen-bond acceptors (Lipinski definition) is 14. The smallest absolute Gasteiger partial charge is 0.305 e. The van der Waals surface area contributed by atoms with Crippen molar-refractivity contribution in [3.63, 3.8) is 0 Å². The number of benzene rings is 1. The summed E-state index contributed by atoms with van der Waals surface area (Å²) in [7, 11) is 9.91. The Bertz CT molecular complexity index is 1970. The number of carbonyl (C=O) groups excluding carboxylic acids is 7. The lowest BCUT2D eigenvalue weighted by atomic mass is 9.89. The van der Waals surface area contributed by atoms with E-state index < -0.39 is 66.7 Å². The molecular weight excluding hydrogens is 1000 g/mol. The van der Waals surface area contributed by atoms with Crippen molar-refractivity contribution in [2.75, 3.05) is 68.8 Å². The van der Waals surface area contributed by atoms with Gasteiger partial charge in [-0.2, -0.15) is 0 Å². The molecule has 1 heterocycles. The van der Waals surface area contributed by atoms with Crippen LogP contribution in [0.4, 0.5) is 0 Å². The highest BCUT2D eigenvalue weighted by Crippen LogP contribution is 2.30. The van der Waals surface area contributed by atoms with Gasteiger partial charge in [-0.15, -0.1) is 0 Å². The predicted molar refractivity (Wildman–Crippen MR) is 301 cm³/mol. The molecule has 2 unspecified atom stereocenters. The van der Waals surface area contributed by atoms with Crippen LogP contribution in [-0.4, -0.2) is 185 Å². The van der Waals surface area contributed by atoms with E-state index in [1.54, 1.807) is 30.9 Å². The highest BCUT2D eigenvalue weighted by atomic mass is 16.7. The van der Waals surface area contributed by atoms with E-state index >= 15 is 0 Å². The lowest BCUT2D eigenvalue weighted by molar-refractivity contribution is -0.198. The number of aliphatic hydroxyl groups excluding tert-OH is 1. The molecule has 0 spiro atoms. The van der Waals surface area contributed by atoms with Gasteiger partial charge < -0.3 is 54.5 Å². The van der Waals surface area contributed by atoms with Gasteiger partial charge >= 0.3 is 5.97 Å². The van der Waals surface area contributed by atoms with Gasteiger partial charge in [0, 0.05) is 60.7 Å². The summed E-state index contributed by atoms with van der Waals surface area (Å²) in [5.41, 5.74) is 0.791. The molecule has 1 aliphatic heterocycles. The number of rotatable bonds is 37. The van der Waals surface area contributed by atoms with Crippen LogP contribution in [0.2, 0.25) is 0 Å². The Morgan fingerprint density at radius 2 is 1.49 bits per heavy atom. The molecule has 0 saturated carbocycles. The van der Waals surface area contributed by atoms with Gasteiger partial charge in [-0.1, -0.05) is 106 Å². The zero-order valence-corrected chi connectivity index (χ0v) is 50.4. The fourth-order valence-electron chi connectivity index (χ4n) is 10.6. The van der Waals surface area contributed by atoms with E-state index in [1.165, 1.54) is 14.2 Å². The molecule has 0 aliphatic carbocycles. The number of esters is 1. The highest BCUT2D eigenvalue weighted by molar-refractivity contribution is 5.91. The number of nitrogens with one attached hydrogen (secondary N) is 3. The summed E-state index contributed by atoms with van der Waals surface area (Å²) in [6.45, 7) is 20.1. The number of nitrogens with zero attached hydrogens (tertiary/aromatic N) is 3. The molecule has 446 valence electrons. The van der Waals surface area contributed by atoms with Crippen molar-refractivity contribution in [3.8, 4) is 0 Å². The van der Waals surface area contributed by atoms with Gasteiger partial charge in [0.15, 0.2) is 12.1 Å². The van der Waals surface area contributed by atoms with Crippen LogP contribution in [-0.2, 0) is 63.7 Å². The van der Waals surface area contributed by atoms with Crippen LogP contribution >= 0.6 is 0 Å². The third kappa shape index (κ3) is 23.3. The van der Waals surface area contributed by atoms with Crippen molar-refractivity contribution in [1.82, 2.24) is 30.7 Å². The first-order valence-electron chi connectivity index (χ1n) is 28.4. The number of likely N-dealkylation sites (tertiary alicyclic amines) is 1. The summed E-state index contributed by atoms with van der Waals surface area (Å²) >= 11 is 0. The number of amides is 5. The zero-order valence-electron chi connectivity index (χ0n) is 50.4. The molecule has 1 fully saturated rings. The summed E-state index contributed by atoms with van der Waals surface area (Å²) < 4.78 is 28.5. The fourth-order valence-corrected chi connectivity index (χ4v) is 10.6. The summed E-state index contributed by atoms with van der Waals surface area (Å²) in [6.07, 6.45) is 1.67. The lowest BCUT2D eigenvalue weighted by Crippen LogP contribution is -2.59. The second kappa shape index (κ2) is 35.3. The van der Waals surface area contributed by atoms with Gasteiger partial charge in [-0.3, -0.25) is 38.5 Å².